The van der Waals surface area contributed by atoms with Crippen molar-refractivity contribution in [2.75, 3.05) is 6.54 Å². The van der Waals surface area contributed by atoms with Crippen LogP contribution in [-0.4, -0.2) is 12.5 Å². The molecule has 0 aliphatic heterocycles. The summed E-state index contributed by atoms with van der Waals surface area (Å²) in [7, 11) is 0. The lowest BCUT2D eigenvalue weighted by molar-refractivity contribution is -0.121. The van der Waals surface area contributed by atoms with Crippen LogP contribution in [0.25, 0.3) is 0 Å². The van der Waals surface area contributed by atoms with Gasteiger partial charge < -0.3 is 5.32 Å². The molecule has 0 saturated heterocycles. The first-order valence-electron chi connectivity index (χ1n) is 6.08. The third-order valence-electron chi connectivity index (χ3n) is 1.83. The molecule has 0 atom stereocenters. The van der Waals surface area contributed by atoms with E-state index in [4.69, 9.17) is 0 Å². The van der Waals surface area contributed by atoms with E-state index < -0.39 is 0 Å². The number of hydrogen-bond donors (Lipinski definition) is 1. The molecular formula is C12H27NO. The number of carbonyl (C=O) groups is 1. The van der Waals surface area contributed by atoms with Crippen LogP contribution in [0.2, 0.25) is 0 Å². The van der Waals surface area contributed by atoms with E-state index in [2.05, 4.69) is 12.2 Å². The lowest BCUT2D eigenvalue weighted by Gasteiger charge is -2.02. The molecule has 0 aliphatic rings. The number of unbranched alkanes of at least 4 members (excludes halogenated alkanes) is 3. The van der Waals surface area contributed by atoms with E-state index in [1.165, 1.54) is 19.3 Å². The summed E-state index contributed by atoms with van der Waals surface area (Å²) in [5.41, 5.74) is 0. The third kappa shape index (κ3) is 14.0. The second-order valence-corrected chi connectivity index (χ2v) is 3.16. The van der Waals surface area contributed by atoms with Gasteiger partial charge in [-0.05, 0) is 12.8 Å². The van der Waals surface area contributed by atoms with Gasteiger partial charge in [0.1, 0.15) is 0 Å². The predicted octanol–water partition coefficient (Wildman–Crippen LogP) is 3.51. The van der Waals surface area contributed by atoms with Crippen LogP contribution in [0.3, 0.4) is 0 Å². The average molecular weight is 201 g/mol. The highest BCUT2D eigenvalue weighted by atomic mass is 16.1. The molecule has 0 aromatic rings. The van der Waals surface area contributed by atoms with Crippen LogP contribution in [0.1, 0.15) is 66.2 Å². The van der Waals surface area contributed by atoms with Crippen LogP contribution in [-0.2, 0) is 4.79 Å². The maximum Gasteiger partial charge on any atom is 0.219 e. The molecule has 0 unspecified atom stereocenters. The highest BCUT2D eigenvalue weighted by molar-refractivity contribution is 5.75. The van der Waals surface area contributed by atoms with Gasteiger partial charge in [0, 0.05) is 13.0 Å². The van der Waals surface area contributed by atoms with Crippen molar-refractivity contribution in [3.63, 3.8) is 0 Å². The summed E-state index contributed by atoms with van der Waals surface area (Å²) in [4.78, 5) is 11.0. The zero-order valence-corrected chi connectivity index (χ0v) is 10.4. The Bertz CT molecular complexity index is 113. The van der Waals surface area contributed by atoms with Crippen molar-refractivity contribution in [1.29, 1.82) is 0 Å². The zero-order valence-electron chi connectivity index (χ0n) is 10.4. The molecule has 0 saturated carbocycles. The third-order valence-corrected chi connectivity index (χ3v) is 1.83. The first-order valence-corrected chi connectivity index (χ1v) is 6.08. The Hall–Kier alpha value is -0.530. The maximum absolute atomic E-state index is 11.0. The normalized spacial score (nSPS) is 8.86. The first kappa shape index (κ1) is 15.9. The molecule has 14 heavy (non-hydrogen) atoms. The van der Waals surface area contributed by atoms with Gasteiger partial charge in [0.15, 0.2) is 0 Å². The first-order chi connectivity index (χ1) is 6.81. The Morgan fingerprint density at radius 2 is 1.64 bits per heavy atom. The lowest BCUT2D eigenvalue weighted by atomic mass is 10.2. The summed E-state index contributed by atoms with van der Waals surface area (Å²) in [6, 6.07) is 0. The summed E-state index contributed by atoms with van der Waals surface area (Å²) < 4.78 is 0. The van der Waals surface area contributed by atoms with Gasteiger partial charge in [0.2, 0.25) is 5.91 Å². The standard InChI is InChI=1S/C10H21NO.C2H6/c1-3-5-6-7-9-11-10(12)8-4-2;1-2/h3-9H2,1-2H3,(H,11,12);1-2H3. The summed E-state index contributed by atoms with van der Waals surface area (Å²) in [5, 5.41) is 2.90. The Labute approximate surface area is 89.5 Å². The summed E-state index contributed by atoms with van der Waals surface area (Å²) in [6.07, 6.45) is 6.52. The molecule has 2 nitrogen and oxygen atoms in total. The minimum Gasteiger partial charge on any atom is -0.356 e. The topological polar surface area (TPSA) is 29.1 Å². The van der Waals surface area contributed by atoms with Crippen molar-refractivity contribution in [3.05, 3.63) is 0 Å². The van der Waals surface area contributed by atoms with Crippen LogP contribution < -0.4 is 5.32 Å². The van der Waals surface area contributed by atoms with E-state index in [0.29, 0.717) is 6.42 Å². The molecule has 2 heteroatoms. The molecule has 0 heterocycles. The molecule has 86 valence electrons. The Morgan fingerprint density at radius 3 is 2.14 bits per heavy atom. The number of amides is 1. The smallest absolute Gasteiger partial charge is 0.219 e. The van der Waals surface area contributed by atoms with Gasteiger partial charge in [-0.3, -0.25) is 4.79 Å². The molecule has 0 aromatic carbocycles. The van der Waals surface area contributed by atoms with E-state index in [9.17, 15) is 4.79 Å². The quantitative estimate of drug-likeness (QED) is 0.627. The van der Waals surface area contributed by atoms with Crippen molar-refractivity contribution in [2.24, 2.45) is 0 Å². The summed E-state index contributed by atoms with van der Waals surface area (Å²) in [5.74, 6) is 0.203. The predicted molar refractivity (Wildman–Crippen MR) is 63.4 cm³/mol. The van der Waals surface area contributed by atoms with Gasteiger partial charge in [-0.2, -0.15) is 0 Å². The van der Waals surface area contributed by atoms with E-state index in [-0.39, 0.29) is 5.91 Å². The lowest BCUT2D eigenvalue weighted by Crippen LogP contribution is -2.23. The van der Waals surface area contributed by atoms with Crippen LogP contribution in [0.5, 0.6) is 0 Å². The van der Waals surface area contributed by atoms with Gasteiger partial charge in [-0.25, -0.2) is 0 Å². The summed E-state index contributed by atoms with van der Waals surface area (Å²) in [6.45, 7) is 9.07. The second kappa shape index (κ2) is 15.0. The van der Waals surface area contributed by atoms with E-state index in [0.717, 1.165) is 19.4 Å². The van der Waals surface area contributed by atoms with Gasteiger partial charge >= 0.3 is 0 Å². The Kier molecular flexibility index (Phi) is 17.0. The molecule has 0 aromatic heterocycles. The number of hydrogen-bond acceptors (Lipinski definition) is 1. The molecule has 0 bridgehead atoms. The maximum atomic E-state index is 11.0. The van der Waals surface area contributed by atoms with Crippen molar-refractivity contribution in [1.82, 2.24) is 5.32 Å². The second-order valence-electron chi connectivity index (χ2n) is 3.16. The van der Waals surface area contributed by atoms with E-state index in [1.54, 1.807) is 0 Å². The van der Waals surface area contributed by atoms with E-state index >= 15 is 0 Å². The van der Waals surface area contributed by atoms with Crippen LogP contribution in [0.4, 0.5) is 0 Å². The van der Waals surface area contributed by atoms with Gasteiger partial charge in [-0.15, -0.1) is 0 Å². The van der Waals surface area contributed by atoms with Crippen molar-refractivity contribution in [2.45, 2.75) is 66.2 Å². The molecule has 1 amide bonds. The van der Waals surface area contributed by atoms with Gasteiger partial charge in [-0.1, -0.05) is 47.0 Å². The number of carbonyl (C=O) groups excluding carboxylic acids is 1. The fraction of sp³-hybridized carbons (Fsp3) is 0.917. The molecule has 0 fully saturated rings. The highest BCUT2D eigenvalue weighted by Gasteiger charge is 1.96. The Balaban J connectivity index is 0. The van der Waals surface area contributed by atoms with Crippen LogP contribution >= 0.6 is 0 Å². The summed E-state index contributed by atoms with van der Waals surface area (Å²) >= 11 is 0. The van der Waals surface area contributed by atoms with Gasteiger partial charge in [0.05, 0.1) is 0 Å². The van der Waals surface area contributed by atoms with Crippen molar-refractivity contribution < 1.29 is 4.79 Å². The van der Waals surface area contributed by atoms with Crippen LogP contribution in [0, 0.1) is 0 Å². The molecule has 0 rings (SSSR count). The van der Waals surface area contributed by atoms with E-state index in [1.807, 2.05) is 20.8 Å². The molecule has 1 N–H and O–H groups in total. The monoisotopic (exact) mass is 201 g/mol. The fourth-order valence-electron chi connectivity index (χ4n) is 1.10. The Morgan fingerprint density at radius 1 is 1.00 bits per heavy atom. The highest BCUT2D eigenvalue weighted by Crippen LogP contribution is 1.97. The fourth-order valence-corrected chi connectivity index (χ4v) is 1.10. The largest absolute Gasteiger partial charge is 0.356 e. The SMILES string of the molecule is CC.CCCCCCNC(=O)CCC. The molecule has 0 radical (unpaired) electrons. The average Bonchev–Trinajstić information content (AvgIpc) is 2.21. The van der Waals surface area contributed by atoms with Crippen molar-refractivity contribution >= 4 is 5.91 Å². The zero-order chi connectivity index (χ0) is 11.2. The molecule has 0 spiro atoms. The minimum absolute atomic E-state index is 0.203. The molecule has 0 aliphatic carbocycles. The van der Waals surface area contributed by atoms with Gasteiger partial charge in [0.25, 0.3) is 0 Å². The van der Waals surface area contributed by atoms with Crippen molar-refractivity contribution in [3.8, 4) is 0 Å². The number of nitrogens with one attached hydrogen (secondary N) is 1. The minimum atomic E-state index is 0.203. The van der Waals surface area contributed by atoms with Crippen LogP contribution in [0.15, 0.2) is 0 Å². The molecular weight excluding hydrogens is 174 g/mol. The number of rotatable bonds is 7.